The molecular weight excluding hydrogens is 180 g/mol. The molecule has 4 nitrogen and oxygen atoms in total. The first kappa shape index (κ1) is 8.77. The third-order valence-corrected chi connectivity index (χ3v) is 2.12. The molecule has 0 radical (unpaired) electrons. The number of anilines is 1. The van der Waals surface area contributed by atoms with Crippen LogP contribution in [-0.2, 0) is 0 Å². The Morgan fingerprint density at radius 2 is 2.14 bits per heavy atom. The maximum Gasteiger partial charge on any atom is 0.257 e. The Morgan fingerprint density at radius 1 is 1.36 bits per heavy atom. The number of hydrogen-bond acceptors (Lipinski definition) is 3. The van der Waals surface area contributed by atoms with E-state index in [0.717, 1.165) is 10.9 Å². The maximum atomic E-state index is 11.5. The summed E-state index contributed by atoms with van der Waals surface area (Å²) in [4.78, 5) is 14.0. The van der Waals surface area contributed by atoms with Gasteiger partial charge in [-0.2, -0.15) is 0 Å². The Labute approximate surface area is 80.2 Å². The van der Waals surface area contributed by atoms with Gasteiger partial charge in [0.25, 0.3) is 5.56 Å². The fraction of sp³-hybridized carbons (Fsp3) is 0.100. The smallest absolute Gasteiger partial charge is 0.257 e. The van der Waals surface area contributed by atoms with Gasteiger partial charge in [-0.15, -0.1) is 0 Å². The van der Waals surface area contributed by atoms with Gasteiger partial charge in [0.2, 0.25) is 0 Å². The number of H-pyrrole nitrogens is 1. The zero-order valence-corrected chi connectivity index (χ0v) is 7.66. The van der Waals surface area contributed by atoms with Crippen molar-refractivity contribution in [2.45, 2.75) is 6.92 Å². The van der Waals surface area contributed by atoms with Crippen molar-refractivity contribution in [2.75, 3.05) is 5.48 Å². The van der Waals surface area contributed by atoms with Crippen molar-refractivity contribution in [1.82, 2.24) is 4.98 Å². The van der Waals surface area contributed by atoms with Crippen molar-refractivity contribution >= 4 is 16.6 Å². The van der Waals surface area contributed by atoms with Gasteiger partial charge in [-0.3, -0.25) is 15.5 Å². The monoisotopic (exact) mass is 190 g/mol. The van der Waals surface area contributed by atoms with E-state index in [-0.39, 0.29) is 5.56 Å². The van der Waals surface area contributed by atoms with E-state index in [1.165, 1.54) is 0 Å². The predicted octanol–water partition coefficient (Wildman–Crippen LogP) is 1.64. The highest BCUT2D eigenvalue weighted by Gasteiger charge is 2.00. The van der Waals surface area contributed by atoms with Crippen molar-refractivity contribution in [2.24, 2.45) is 0 Å². The van der Waals surface area contributed by atoms with E-state index in [9.17, 15) is 4.79 Å². The van der Waals surface area contributed by atoms with Crippen LogP contribution < -0.4 is 11.0 Å². The van der Waals surface area contributed by atoms with Crippen LogP contribution in [0.25, 0.3) is 10.8 Å². The van der Waals surface area contributed by atoms with Gasteiger partial charge in [-0.05, 0) is 24.4 Å². The molecule has 0 atom stereocenters. The summed E-state index contributed by atoms with van der Waals surface area (Å²) in [6.07, 6.45) is 0. The molecular formula is C10H10N2O2. The number of rotatable bonds is 1. The SMILES string of the molecule is Cc1ccc2c(=O)[nH]c(NO)cc2c1. The lowest BCUT2D eigenvalue weighted by molar-refractivity contribution is 0.386. The number of aromatic nitrogens is 1. The van der Waals surface area contributed by atoms with Crippen LogP contribution in [-0.4, -0.2) is 10.2 Å². The molecule has 1 heterocycles. The minimum atomic E-state index is -0.209. The Morgan fingerprint density at radius 3 is 2.86 bits per heavy atom. The van der Waals surface area contributed by atoms with Crippen LogP contribution in [0.15, 0.2) is 29.1 Å². The minimum Gasteiger partial charge on any atom is -0.307 e. The molecule has 4 heteroatoms. The van der Waals surface area contributed by atoms with E-state index < -0.39 is 0 Å². The first-order valence-corrected chi connectivity index (χ1v) is 4.24. The molecule has 1 aromatic carbocycles. The summed E-state index contributed by atoms with van der Waals surface area (Å²) in [6.45, 7) is 1.95. The average molecular weight is 190 g/mol. The normalized spacial score (nSPS) is 10.4. The van der Waals surface area contributed by atoms with E-state index in [2.05, 4.69) is 4.98 Å². The van der Waals surface area contributed by atoms with E-state index in [4.69, 9.17) is 5.21 Å². The first-order valence-electron chi connectivity index (χ1n) is 4.24. The summed E-state index contributed by atoms with van der Waals surface area (Å²) < 4.78 is 0. The lowest BCUT2D eigenvalue weighted by atomic mass is 10.1. The van der Waals surface area contributed by atoms with Gasteiger partial charge in [0.15, 0.2) is 0 Å². The molecule has 2 rings (SSSR count). The Kier molecular flexibility index (Phi) is 1.98. The summed E-state index contributed by atoms with van der Waals surface area (Å²) in [7, 11) is 0. The van der Waals surface area contributed by atoms with Crippen LogP contribution in [0.5, 0.6) is 0 Å². The van der Waals surface area contributed by atoms with E-state index in [1.54, 1.807) is 12.1 Å². The number of aryl methyl sites for hydroxylation is 1. The zero-order chi connectivity index (χ0) is 10.1. The molecule has 14 heavy (non-hydrogen) atoms. The van der Waals surface area contributed by atoms with Crippen molar-refractivity contribution in [1.29, 1.82) is 0 Å². The molecule has 0 unspecified atom stereocenters. The lowest BCUT2D eigenvalue weighted by Crippen LogP contribution is -2.08. The number of nitrogens with one attached hydrogen (secondary N) is 2. The minimum absolute atomic E-state index is 0.209. The maximum absolute atomic E-state index is 11.5. The molecule has 3 N–H and O–H groups in total. The topological polar surface area (TPSA) is 65.1 Å². The number of pyridine rings is 1. The van der Waals surface area contributed by atoms with E-state index in [1.807, 2.05) is 24.5 Å². The van der Waals surface area contributed by atoms with E-state index in [0.29, 0.717) is 11.2 Å². The van der Waals surface area contributed by atoms with Crippen molar-refractivity contribution in [3.63, 3.8) is 0 Å². The standard InChI is InChI=1S/C10H10N2O2/c1-6-2-3-8-7(4-6)5-9(12-14)11-10(8)13/h2-5,14H,1H3,(H2,11,12,13). The average Bonchev–Trinajstić information content (AvgIpc) is 2.16. The van der Waals surface area contributed by atoms with Crippen LogP contribution in [0.1, 0.15) is 5.56 Å². The van der Waals surface area contributed by atoms with Crippen molar-refractivity contribution in [3.05, 3.63) is 40.2 Å². The van der Waals surface area contributed by atoms with E-state index >= 15 is 0 Å². The van der Waals surface area contributed by atoms with Gasteiger partial charge >= 0.3 is 0 Å². The molecule has 1 aromatic heterocycles. The fourth-order valence-electron chi connectivity index (χ4n) is 1.45. The van der Waals surface area contributed by atoms with Crippen LogP contribution in [0.3, 0.4) is 0 Å². The van der Waals surface area contributed by atoms with Crippen LogP contribution >= 0.6 is 0 Å². The lowest BCUT2D eigenvalue weighted by Gasteiger charge is -2.02. The summed E-state index contributed by atoms with van der Waals surface area (Å²) in [5.41, 5.74) is 2.79. The van der Waals surface area contributed by atoms with Gasteiger partial charge in [-0.25, -0.2) is 0 Å². The Bertz CT molecular complexity index is 531. The largest absolute Gasteiger partial charge is 0.307 e. The summed E-state index contributed by atoms with van der Waals surface area (Å²) in [5, 5.41) is 10.1. The van der Waals surface area contributed by atoms with Crippen LogP contribution in [0.4, 0.5) is 5.82 Å². The molecule has 2 aromatic rings. The second kappa shape index (κ2) is 3.16. The highest BCUT2D eigenvalue weighted by atomic mass is 16.5. The van der Waals surface area contributed by atoms with Crippen molar-refractivity contribution < 1.29 is 5.21 Å². The van der Waals surface area contributed by atoms with Crippen molar-refractivity contribution in [3.8, 4) is 0 Å². The third kappa shape index (κ3) is 1.36. The predicted molar refractivity (Wildman–Crippen MR) is 54.7 cm³/mol. The van der Waals surface area contributed by atoms with Gasteiger partial charge in [-0.1, -0.05) is 17.7 Å². The first-order chi connectivity index (χ1) is 6.70. The van der Waals surface area contributed by atoms with Gasteiger partial charge in [0.05, 0.1) is 0 Å². The molecule has 0 aliphatic heterocycles. The second-order valence-corrected chi connectivity index (χ2v) is 3.21. The Balaban J connectivity index is 2.84. The third-order valence-electron chi connectivity index (χ3n) is 2.12. The summed E-state index contributed by atoms with van der Waals surface area (Å²) in [5.74, 6) is 0.299. The highest BCUT2D eigenvalue weighted by Crippen LogP contribution is 2.14. The molecule has 0 amide bonds. The molecule has 0 spiro atoms. The molecule has 0 bridgehead atoms. The second-order valence-electron chi connectivity index (χ2n) is 3.21. The quantitative estimate of drug-likeness (QED) is 0.599. The molecule has 0 aliphatic rings. The molecule has 72 valence electrons. The number of benzene rings is 1. The summed E-state index contributed by atoms with van der Waals surface area (Å²) in [6, 6.07) is 7.23. The molecule has 0 saturated heterocycles. The zero-order valence-electron chi connectivity index (χ0n) is 7.66. The van der Waals surface area contributed by atoms with Crippen LogP contribution in [0.2, 0.25) is 0 Å². The molecule has 0 aliphatic carbocycles. The van der Waals surface area contributed by atoms with Gasteiger partial charge in [0.1, 0.15) is 5.82 Å². The fourth-order valence-corrected chi connectivity index (χ4v) is 1.45. The number of hydrogen-bond donors (Lipinski definition) is 3. The number of aromatic amines is 1. The van der Waals surface area contributed by atoms with Gasteiger partial charge < -0.3 is 4.98 Å². The Hall–Kier alpha value is -1.81. The molecule has 0 fully saturated rings. The highest BCUT2D eigenvalue weighted by molar-refractivity contribution is 5.84. The van der Waals surface area contributed by atoms with Crippen LogP contribution in [0, 0.1) is 6.92 Å². The molecule has 0 saturated carbocycles. The summed E-state index contributed by atoms with van der Waals surface area (Å²) >= 11 is 0. The number of fused-ring (bicyclic) bond motifs is 1. The van der Waals surface area contributed by atoms with Gasteiger partial charge in [0, 0.05) is 5.39 Å².